The molecule has 0 saturated heterocycles. The number of amides is 4. The van der Waals surface area contributed by atoms with Crippen LogP contribution in [0.4, 0.5) is 10.5 Å². The standard InChI is InChI=1S/C24H30N4O3/c1-15(2)22(16(3)14-21(29)26-4)17-8-7-9-18(13-12-17)27-24(31)28-20-11-6-5-10-19(20)23(25)30/h5-6,8-13,16H,7,14H2,1-4H3,(H2,25,30)(H,26,29)(H2,27,28,31). The fourth-order valence-corrected chi connectivity index (χ4v) is 3.56. The van der Waals surface area contributed by atoms with Crippen LogP contribution in [-0.2, 0) is 4.79 Å². The molecule has 0 saturated carbocycles. The third kappa shape index (κ3) is 6.70. The Morgan fingerprint density at radius 2 is 1.77 bits per heavy atom. The Labute approximate surface area is 183 Å². The molecule has 1 aliphatic carbocycles. The first-order valence-corrected chi connectivity index (χ1v) is 10.2. The second-order valence-electron chi connectivity index (χ2n) is 7.57. The van der Waals surface area contributed by atoms with Crippen LogP contribution in [0.25, 0.3) is 0 Å². The van der Waals surface area contributed by atoms with Gasteiger partial charge in [-0.05, 0) is 55.5 Å². The highest BCUT2D eigenvalue weighted by Crippen LogP contribution is 2.29. The summed E-state index contributed by atoms with van der Waals surface area (Å²) >= 11 is 0. The summed E-state index contributed by atoms with van der Waals surface area (Å²) in [5, 5.41) is 8.12. The van der Waals surface area contributed by atoms with E-state index in [0.717, 1.165) is 16.7 Å². The van der Waals surface area contributed by atoms with Crippen molar-refractivity contribution in [2.75, 3.05) is 12.4 Å². The van der Waals surface area contributed by atoms with Crippen LogP contribution < -0.4 is 21.7 Å². The molecule has 0 fully saturated rings. The lowest BCUT2D eigenvalue weighted by molar-refractivity contribution is -0.121. The molecule has 0 aromatic heterocycles. The molecular weight excluding hydrogens is 392 g/mol. The van der Waals surface area contributed by atoms with Crippen molar-refractivity contribution >= 4 is 23.5 Å². The van der Waals surface area contributed by atoms with E-state index in [4.69, 9.17) is 5.73 Å². The van der Waals surface area contributed by atoms with Gasteiger partial charge in [-0.2, -0.15) is 0 Å². The first kappa shape index (κ1) is 23.7. The average Bonchev–Trinajstić information content (AvgIpc) is 2.93. The van der Waals surface area contributed by atoms with Gasteiger partial charge in [-0.25, -0.2) is 4.79 Å². The molecule has 7 heteroatoms. The summed E-state index contributed by atoms with van der Waals surface area (Å²) in [6.45, 7) is 6.10. The van der Waals surface area contributed by atoms with Gasteiger partial charge >= 0.3 is 6.03 Å². The zero-order valence-electron chi connectivity index (χ0n) is 18.4. The zero-order valence-corrected chi connectivity index (χ0v) is 18.4. The molecule has 2 rings (SSSR count). The Hall–Kier alpha value is -3.61. The zero-order chi connectivity index (χ0) is 23.0. The van der Waals surface area contributed by atoms with Gasteiger partial charge in [0.1, 0.15) is 0 Å². The third-order valence-electron chi connectivity index (χ3n) is 4.93. The van der Waals surface area contributed by atoms with E-state index in [-0.39, 0.29) is 17.4 Å². The molecule has 0 bridgehead atoms. The summed E-state index contributed by atoms with van der Waals surface area (Å²) in [7, 11) is 1.64. The maximum absolute atomic E-state index is 12.4. The molecule has 1 aromatic rings. The number of benzene rings is 1. The van der Waals surface area contributed by atoms with Crippen LogP contribution >= 0.6 is 0 Å². The summed E-state index contributed by atoms with van der Waals surface area (Å²) in [4.78, 5) is 35.8. The minimum absolute atomic E-state index is 0.00199. The Morgan fingerprint density at radius 3 is 2.42 bits per heavy atom. The maximum atomic E-state index is 12.4. The van der Waals surface area contributed by atoms with Crippen molar-refractivity contribution in [1.82, 2.24) is 10.6 Å². The molecule has 0 radical (unpaired) electrons. The molecule has 4 amide bonds. The highest BCUT2D eigenvalue weighted by molar-refractivity contribution is 6.02. The molecule has 31 heavy (non-hydrogen) atoms. The van der Waals surface area contributed by atoms with Crippen molar-refractivity contribution in [2.24, 2.45) is 11.7 Å². The molecule has 164 valence electrons. The van der Waals surface area contributed by atoms with Gasteiger partial charge in [0.05, 0.1) is 11.3 Å². The molecule has 1 atom stereocenters. The largest absolute Gasteiger partial charge is 0.366 e. The summed E-state index contributed by atoms with van der Waals surface area (Å²) in [5.41, 5.74) is 9.87. The van der Waals surface area contributed by atoms with Crippen LogP contribution in [-0.4, -0.2) is 24.9 Å². The second kappa shape index (κ2) is 11.0. The molecular formula is C24H30N4O3. The van der Waals surface area contributed by atoms with Gasteiger partial charge in [0.15, 0.2) is 0 Å². The molecule has 0 aliphatic heterocycles. The number of allylic oxidation sites excluding steroid dienone is 7. The lowest BCUT2D eigenvalue weighted by Crippen LogP contribution is -2.28. The number of carbonyl (C=O) groups excluding carboxylic acids is 3. The SMILES string of the molecule is CNC(=O)CC(C)C(C1=CCC=C(NC(=O)Nc2ccccc2C(N)=O)C=C1)=C(C)C. The predicted octanol–water partition coefficient (Wildman–Crippen LogP) is 3.79. The van der Waals surface area contributed by atoms with E-state index in [2.05, 4.69) is 22.0 Å². The summed E-state index contributed by atoms with van der Waals surface area (Å²) < 4.78 is 0. The van der Waals surface area contributed by atoms with Crippen molar-refractivity contribution in [1.29, 1.82) is 0 Å². The van der Waals surface area contributed by atoms with Crippen LogP contribution in [0.3, 0.4) is 0 Å². The number of hydrogen-bond donors (Lipinski definition) is 4. The molecule has 1 aliphatic rings. The monoisotopic (exact) mass is 422 g/mol. The van der Waals surface area contributed by atoms with E-state index < -0.39 is 11.9 Å². The van der Waals surface area contributed by atoms with Crippen molar-refractivity contribution in [2.45, 2.75) is 33.6 Å². The minimum atomic E-state index is -0.613. The highest BCUT2D eigenvalue weighted by Gasteiger charge is 2.17. The van der Waals surface area contributed by atoms with E-state index in [1.807, 2.05) is 39.0 Å². The quantitative estimate of drug-likeness (QED) is 0.536. The lowest BCUT2D eigenvalue weighted by Gasteiger charge is -2.19. The predicted molar refractivity (Wildman–Crippen MR) is 123 cm³/mol. The Kier molecular flexibility index (Phi) is 8.37. The fraction of sp³-hybridized carbons (Fsp3) is 0.292. The van der Waals surface area contributed by atoms with Crippen LogP contribution in [0.1, 0.15) is 44.0 Å². The topological polar surface area (TPSA) is 113 Å². The number of rotatable bonds is 7. The molecule has 0 heterocycles. The van der Waals surface area contributed by atoms with E-state index in [1.165, 1.54) is 0 Å². The smallest absolute Gasteiger partial charge is 0.323 e. The van der Waals surface area contributed by atoms with Crippen molar-refractivity contribution < 1.29 is 14.4 Å². The van der Waals surface area contributed by atoms with E-state index in [1.54, 1.807) is 31.3 Å². The van der Waals surface area contributed by atoms with Crippen LogP contribution in [0.5, 0.6) is 0 Å². The molecule has 5 N–H and O–H groups in total. The second-order valence-corrected chi connectivity index (χ2v) is 7.57. The molecule has 0 spiro atoms. The number of anilines is 1. The lowest BCUT2D eigenvalue weighted by atomic mass is 9.87. The number of primary amides is 1. The van der Waals surface area contributed by atoms with Gasteiger partial charge in [0.2, 0.25) is 5.91 Å². The van der Waals surface area contributed by atoms with E-state index in [9.17, 15) is 14.4 Å². The van der Waals surface area contributed by atoms with Crippen molar-refractivity contribution in [3.05, 3.63) is 76.5 Å². The van der Waals surface area contributed by atoms with E-state index in [0.29, 0.717) is 24.2 Å². The first-order chi connectivity index (χ1) is 14.7. The summed E-state index contributed by atoms with van der Waals surface area (Å²) in [6, 6.07) is 6.09. The maximum Gasteiger partial charge on any atom is 0.323 e. The van der Waals surface area contributed by atoms with Gasteiger partial charge in [0, 0.05) is 19.2 Å². The highest BCUT2D eigenvalue weighted by atomic mass is 16.2. The Balaban J connectivity index is 2.09. The number of carbonyl (C=O) groups is 3. The summed E-state index contributed by atoms with van der Waals surface area (Å²) in [5.74, 6) is -0.555. The van der Waals surface area contributed by atoms with Gasteiger partial charge in [-0.1, -0.05) is 42.9 Å². The van der Waals surface area contributed by atoms with Crippen LogP contribution in [0.15, 0.2) is 71.0 Å². The number of para-hydroxylation sites is 1. The van der Waals surface area contributed by atoms with Gasteiger partial charge in [0.25, 0.3) is 5.91 Å². The first-order valence-electron chi connectivity index (χ1n) is 10.2. The Bertz CT molecular complexity index is 982. The molecule has 1 unspecified atom stereocenters. The summed E-state index contributed by atoms with van der Waals surface area (Å²) in [6.07, 6.45) is 8.78. The van der Waals surface area contributed by atoms with Gasteiger partial charge in [-0.15, -0.1) is 0 Å². The van der Waals surface area contributed by atoms with E-state index >= 15 is 0 Å². The van der Waals surface area contributed by atoms with Crippen molar-refractivity contribution in [3.8, 4) is 0 Å². The average molecular weight is 423 g/mol. The molecule has 7 nitrogen and oxygen atoms in total. The third-order valence-corrected chi connectivity index (χ3v) is 4.93. The minimum Gasteiger partial charge on any atom is -0.366 e. The number of hydrogen-bond acceptors (Lipinski definition) is 3. The van der Waals surface area contributed by atoms with Gasteiger partial charge < -0.3 is 21.7 Å². The normalized spacial score (nSPS) is 13.8. The Morgan fingerprint density at radius 1 is 1.06 bits per heavy atom. The number of urea groups is 1. The number of nitrogens with one attached hydrogen (secondary N) is 3. The number of nitrogens with two attached hydrogens (primary N) is 1. The van der Waals surface area contributed by atoms with Gasteiger partial charge in [-0.3, -0.25) is 9.59 Å². The van der Waals surface area contributed by atoms with Crippen LogP contribution in [0.2, 0.25) is 0 Å². The fourth-order valence-electron chi connectivity index (χ4n) is 3.56. The molecule has 1 aromatic carbocycles. The van der Waals surface area contributed by atoms with Crippen LogP contribution in [0, 0.1) is 5.92 Å². The van der Waals surface area contributed by atoms with Crippen molar-refractivity contribution in [3.63, 3.8) is 0 Å².